The first-order valence-electron chi connectivity index (χ1n) is 5.49. The van der Waals surface area contributed by atoms with E-state index in [1.807, 2.05) is 30.3 Å². The van der Waals surface area contributed by atoms with Gasteiger partial charge in [-0.1, -0.05) is 36.4 Å². The van der Waals surface area contributed by atoms with Crippen LogP contribution in [-0.4, -0.2) is 14.3 Å². The molecule has 4 N–H and O–H groups in total. The van der Waals surface area contributed by atoms with Gasteiger partial charge in [0.15, 0.2) is 0 Å². The Bertz CT molecular complexity index is 710. The molecule has 0 bridgehead atoms. The molecule has 0 saturated heterocycles. The van der Waals surface area contributed by atoms with E-state index >= 15 is 0 Å². The van der Waals surface area contributed by atoms with Gasteiger partial charge in [-0.3, -0.25) is 0 Å². The highest BCUT2D eigenvalue weighted by atomic mass is 32.2. The van der Waals surface area contributed by atoms with Crippen LogP contribution in [0.2, 0.25) is 0 Å². The second-order valence-electron chi connectivity index (χ2n) is 3.91. The van der Waals surface area contributed by atoms with E-state index in [1.165, 1.54) is 12.1 Å². The van der Waals surface area contributed by atoms with Crippen molar-refractivity contribution in [3.63, 3.8) is 0 Å². The monoisotopic (exact) mass is 275 g/mol. The van der Waals surface area contributed by atoms with Crippen LogP contribution >= 0.6 is 0 Å². The minimum atomic E-state index is -3.74. The maximum Gasteiger partial charge on any atom is 0.238 e. The number of primary sulfonamides is 1. The van der Waals surface area contributed by atoms with E-state index in [2.05, 4.69) is 4.99 Å². The zero-order valence-corrected chi connectivity index (χ0v) is 10.8. The Morgan fingerprint density at radius 1 is 1.00 bits per heavy atom. The van der Waals surface area contributed by atoms with Crippen molar-refractivity contribution < 1.29 is 8.42 Å². The predicted molar refractivity (Wildman–Crippen MR) is 74.6 cm³/mol. The highest BCUT2D eigenvalue weighted by molar-refractivity contribution is 7.89. The van der Waals surface area contributed by atoms with Crippen LogP contribution in [0.15, 0.2) is 64.5 Å². The van der Waals surface area contributed by atoms with Crippen molar-refractivity contribution in [3.05, 3.63) is 60.2 Å². The van der Waals surface area contributed by atoms with Crippen molar-refractivity contribution in [1.82, 2.24) is 0 Å². The van der Waals surface area contributed by atoms with Crippen LogP contribution in [0.25, 0.3) is 0 Å². The summed E-state index contributed by atoms with van der Waals surface area (Å²) in [7, 11) is -3.74. The van der Waals surface area contributed by atoms with Gasteiger partial charge in [0.25, 0.3) is 0 Å². The van der Waals surface area contributed by atoms with Gasteiger partial charge < -0.3 is 5.73 Å². The molecule has 98 valence electrons. The van der Waals surface area contributed by atoms with Gasteiger partial charge in [0, 0.05) is 5.56 Å². The minimum absolute atomic E-state index is 0.00890. The van der Waals surface area contributed by atoms with Crippen LogP contribution in [0.5, 0.6) is 0 Å². The molecule has 0 aromatic heterocycles. The number of hydrogen-bond donors (Lipinski definition) is 2. The Kier molecular flexibility index (Phi) is 3.64. The van der Waals surface area contributed by atoms with Crippen molar-refractivity contribution in [2.75, 3.05) is 0 Å². The normalized spacial score (nSPS) is 12.4. The van der Waals surface area contributed by atoms with Crippen LogP contribution in [0, 0.1) is 0 Å². The molecule has 0 aliphatic carbocycles. The molecule has 0 aliphatic rings. The summed E-state index contributed by atoms with van der Waals surface area (Å²) in [5.74, 6) is 0.312. The van der Waals surface area contributed by atoms with E-state index in [0.29, 0.717) is 11.5 Å². The molecule has 0 fully saturated rings. The van der Waals surface area contributed by atoms with Crippen molar-refractivity contribution in [2.45, 2.75) is 4.90 Å². The summed E-state index contributed by atoms with van der Waals surface area (Å²) in [4.78, 5) is 4.19. The molecule has 2 rings (SSSR count). The highest BCUT2D eigenvalue weighted by Crippen LogP contribution is 2.17. The van der Waals surface area contributed by atoms with Gasteiger partial charge in [0.1, 0.15) is 5.84 Å². The molecule has 0 saturated carbocycles. The number of amidine groups is 1. The molecule has 19 heavy (non-hydrogen) atoms. The number of rotatable bonds is 3. The average Bonchev–Trinajstić information content (AvgIpc) is 2.39. The third-order valence-electron chi connectivity index (χ3n) is 2.47. The maximum atomic E-state index is 11.2. The zero-order chi connectivity index (χ0) is 13.9. The number of nitrogens with two attached hydrogens (primary N) is 2. The van der Waals surface area contributed by atoms with E-state index < -0.39 is 10.0 Å². The molecule has 0 amide bonds. The molecule has 0 atom stereocenters. The predicted octanol–water partition coefficient (Wildman–Crippen LogP) is 1.37. The number of benzene rings is 2. The first-order valence-corrected chi connectivity index (χ1v) is 7.04. The third kappa shape index (κ3) is 3.40. The molecule has 2 aromatic carbocycles. The Morgan fingerprint density at radius 3 is 2.32 bits per heavy atom. The fourth-order valence-corrected chi connectivity index (χ4v) is 2.10. The molecular formula is C13H13N3O2S. The lowest BCUT2D eigenvalue weighted by Gasteiger charge is -2.02. The first-order chi connectivity index (χ1) is 8.97. The number of hydrogen-bond acceptors (Lipinski definition) is 3. The summed E-state index contributed by atoms with van der Waals surface area (Å²) < 4.78 is 22.5. The van der Waals surface area contributed by atoms with E-state index in [-0.39, 0.29) is 4.90 Å². The van der Waals surface area contributed by atoms with Gasteiger partial charge in [0.05, 0.1) is 10.6 Å². The van der Waals surface area contributed by atoms with Gasteiger partial charge in [0.2, 0.25) is 10.0 Å². The van der Waals surface area contributed by atoms with Gasteiger partial charge in [-0.2, -0.15) is 0 Å². The second kappa shape index (κ2) is 5.21. The lowest BCUT2D eigenvalue weighted by molar-refractivity contribution is 0.598. The number of sulfonamides is 1. The average molecular weight is 275 g/mol. The quantitative estimate of drug-likeness (QED) is 0.653. The SMILES string of the molecule is NC(=Nc1cccc(S(N)(=O)=O)c1)c1ccccc1. The van der Waals surface area contributed by atoms with Gasteiger partial charge in [-0.05, 0) is 18.2 Å². The van der Waals surface area contributed by atoms with Gasteiger partial charge in [-0.15, -0.1) is 0 Å². The highest BCUT2D eigenvalue weighted by Gasteiger charge is 2.07. The van der Waals surface area contributed by atoms with Crippen LogP contribution in [-0.2, 0) is 10.0 Å². The van der Waals surface area contributed by atoms with Crippen LogP contribution in [0.4, 0.5) is 5.69 Å². The van der Waals surface area contributed by atoms with Crippen molar-refractivity contribution in [2.24, 2.45) is 15.9 Å². The smallest absolute Gasteiger partial charge is 0.238 e. The van der Waals surface area contributed by atoms with E-state index in [4.69, 9.17) is 10.9 Å². The first kappa shape index (κ1) is 13.3. The largest absolute Gasteiger partial charge is 0.383 e. The van der Waals surface area contributed by atoms with E-state index in [1.54, 1.807) is 12.1 Å². The molecule has 0 spiro atoms. The van der Waals surface area contributed by atoms with Gasteiger partial charge >= 0.3 is 0 Å². The van der Waals surface area contributed by atoms with Crippen LogP contribution in [0.3, 0.4) is 0 Å². The summed E-state index contributed by atoms with van der Waals surface area (Å²) in [5, 5.41) is 5.06. The summed E-state index contributed by atoms with van der Waals surface area (Å²) in [6, 6.07) is 15.2. The van der Waals surface area contributed by atoms with Crippen molar-refractivity contribution in [3.8, 4) is 0 Å². The summed E-state index contributed by atoms with van der Waals surface area (Å²) in [6.45, 7) is 0. The van der Waals surface area contributed by atoms with Gasteiger partial charge in [-0.25, -0.2) is 18.5 Å². The molecule has 0 radical (unpaired) electrons. The number of aliphatic imine (C=N–C) groups is 1. The Balaban J connectivity index is 2.39. The Labute approximate surface area is 111 Å². The van der Waals surface area contributed by atoms with Crippen LogP contribution < -0.4 is 10.9 Å². The lowest BCUT2D eigenvalue weighted by atomic mass is 10.2. The second-order valence-corrected chi connectivity index (χ2v) is 5.47. The van der Waals surface area contributed by atoms with Crippen molar-refractivity contribution >= 4 is 21.5 Å². The summed E-state index contributed by atoms with van der Waals surface area (Å²) >= 11 is 0. The third-order valence-corrected chi connectivity index (χ3v) is 3.38. The molecule has 5 nitrogen and oxygen atoms in total. The summed E-state index contributed by atoms with van der Waals surface area (Å²) in [5.41, 5.74) is 7.06. The fraction of sp³-hybridized carbons (Fsp3) is 0. The summed E-state index contributed by atoms with van der Waals surface area (Å²) in [6.07, 6.45) is 0. The maximum absolute atomic E-state index is 11.2. The Morgan fingerprint density at radius 2 is 1.68 bits per heavy atom. The van der Waals surface area contributed by atoms with Crippen LogP contribution in [0.1, 0.15) is 5.56 Å². The fourth-order valence-electron chi connectivity index (χ4n) is 1.54. The molecular weight excluding hydrogens is 262 g/mol. The lowest BCUT2D eigenvalue weighted by Crippen LogP contribution is -2.13. The molecule has 0 unspecified atom stereocenters. The minimum Gasteiger partial charge on any atom is -0.383 e. The van der Waals surface area contributed by atoms with E-state index in [0.717, 1.165) is 5.56 Å². The topological polar surface area (TPSA) is 98.5 Å². The zero-order valence-electron chi connectivity index (χ0n) is 10.0. The standard InChI is InChI=1S/C13H13N3O2S/c14-13(10-5-2-1-3-6-10)16-11-7-4-8-12(9-11)19(15,17)18/h1-9H,(H2,14,16)(H2,15,17,18). The number of nitrogens with zero attached hydrogens (tertiary/aromatic N) is 1. The molecule has 0 heterocycles. The molecule has 2 aromatic rings. The van der Waals surface area contributed by atoms with Crippen molar-refractivity contribution in [1.29, 1.82) is 0 Å². The molecule has 0 aliphatic heterocycles. The Hall–Kier alpha value is -2.18. The van der Waals surface area contributed by atoms with E-state index in [9.17, 15) is 8.42 Å². The molecule has 6 heteroatoms.